The summed E-state index contributed by atoms with van der Waals surface area (Å²) >= 11 is 12.2. The van der Waals surface area contributed by atoms with Gasteiger partial charge in [-0.15, -0.1) is 0 Å². The van der Waals surface area contributed by atoms with Gasteiger partial charge in [0.25, 0.3) is 0 Å². The topological polar surface area (TPSA) is 49.4 Å². The van der Waals surface area contributed by atoms with E-state index in [0.29, 0.717) is 29.6 Å². The molecule has 0 bridgehead atoms. The number of carbonyl (C=O) groups is 2. The summed E-state index contributed by atoms with van der Waals surface area (Å²) in [5.74, 6) is -0.226. The number of nitrogens with zero attached hydrogens (tertiary/aromatic N) is 1. The summed E-state index contributed by atoms with van der Waals surface area (Å²) in [5, 5.41) is 3.81. The van der Waals surface area contributed by atoms with Crippen LogP contribution < -0.4 is 5.32 Å². The summed E-state index contributed by atoms with van der Waals surface area (Å²) in [6, 6.07) is 12.5. The Balaban J connectivity index is 2.32. The Morgan fingerprint density at radius 3 is 2.41 bits per heavy atom. The van der Waals surface area contributed by atoms with Gasteiger partial charge in [0.2, 0.25) is 11.8 Å². The van der Waals surface area contributed by atoms with E-state index in [0.717, 1.165) is 23.1 Å². The minimum Gasteiger partial charge on any atom is -0.354 e. The number of benzene rings is 2. The van der Waals surface area contributed by atoms with Crippen molar-refractivity contribution in [3.8, 4) is 0 Å². The number of halogens is 2. The van der Waals surface area contributed by atoms with Gasteiger partial charge < -0.3 is 10.2 Å². The fourth-order valence-corrected chi connectivity index (χ4v) is 3.51. The number of hydrogen-bond donors (Lipinski definition) is 1. The monoisotopic (exact) mass is 434 g/mol. The van der Waals surface area contributed by atoms with E-state index in [2.05, 4.69) is 5.32 Å². The highest BCUT2D eigenvalue weighted by atomic mass is 35.5. The zero-order valence-corrected chi connectivity index (χ0v) is 18.7. The highest BCUT2D eigenvalue weighted by molar-refractivity contribution is 6.42. The molecule has 0 saturated heterocycles. The maximum Gasteiger partial charge on any atom is 0.242 e. The molecule has 0 aliphatic carbocycles. The number of nitrogens with one attached hydrogen (secondary N) is 1. The molecule has 6 heteroatoms. The largest absolute Gasteiger partial charge is 0.354 e. The lowest BCUT2D eigenvalue weighted by molar-refractivity contribution is -0.140. The first-order valence-electron chi connectivity index (χ1n) is 9.92. The molecule has 2 rings (SSSR count). The second-order valence-electron chi connectivity index (χ2n) is 7.09. The molecular formula is C23H28Cl2N2O2. The van der Waals surface area contributed by atoms with Crippen molar-refractivity contribution in [1.82, 2.24) is 10.2 Å². The number of hydrogen-bond acceptors (Lipinski definition) is 2. The lowest BCUT2D eigenvalue weighted by Gasteiger charge is -2.31. The summed E-state index contributed by atoms with van der Waals surface area (Å²) < 4.78 is 0. The van der Waals surface area contributed by atoms with Crippen LogP contribution in [-0.4, -0.2) is 29.3 Å². The minimum absolute atomic E-state index is 0.0936. The zero-order chi connectivity index (χ0) is 21.4. The summed E-state index contributed by atoms with van der Waals surface area (Å²) in [4.78, 5) is 27.7. The molecule has 4 nitrogen and oxygen atoms in total. The van der Waals surface area contributed by atoms with Crippen molar-refractivity contribution in [3.63, 3.8) is 0 Å². The third-order valence-electron chi connectivity index (χ3n) is 4.88. The number of amides is 2. The summed E-state index contributed by atoms with van der Waals surface area (Å²) in [7, 11) is 0. The van der Waals surface area contributed by atoms with Gasteiger partial charge in [-0.25, -0.2) is 0 Å². The molecule has 0 heterocycles. The van der Waals surface area contributed by atoms with Gasteiger partial charge in [0, 0.05) is 13.1 Å². The summed E-state index contributed by atoms with van der Waals surface area (Å²) in [6.07, 6.45) is 1.61. The summed E-state index contributed by atoms with van der Waals surface area (Å²) in [5.41, 5.74) is 2.85. The van der Waals surface area contributed by atoms with E-state index < -0.39 is 6.04 Å². The molecule has 0 aromatic heterocycles. The molecule has 0 fully saturated rings. The Morgan fingerprint density at radius 2 is 1.79 bits per heavy atom. The molecule has 2 aromatic rings. The lowest BCUT2D eigenvalue weighted by Crippen LogP contribution is -2.49. The minimum atomic E-state index is -0.549. The van der Waals surface area contributed by atoms with Gasteiger partial charge in [-0.2, -0.15) is 0 Å². The Morgan fingerprint density at radius 1 is 1.07 bits per heavy atom. The van der Waals surface area contributed by atoms with Gasteiger partial charge in [-0.1, -0.05) is 67.4 Å². The average molecular weight is 435 g/mol. The Bertz CT molecular complexity index is 855. The van der Waals surface area contributed by atoms with Crippen molar-refractivity contribution >= 4 is 35.0 Å². The van der Waals surface area contributed by atoms with Gasteiger partial charge in [0.05, 0.1) is 16.5 Å². The van der Waals surface area contributed by atoms with Crippen molar-refractivity contribution in [1.29, 1.82) is 0 Å². The maximum atomic E-state index is 13.3. The molecule has 1 N–H and O–H groups in total. The Hall–Kier alpha value is -2.04. The summed E-state index contributed by atoms with van der Waals surface area (Å²) in [6.45, 7) is 6.77. The fourth-order valence-electron chi connectivity index (χ4n) is 3.19. The molecular weight excluding hydrogens is 407 g/mol. The molecule has 0 radical (unpaired) electrons. The van der Waals surface area contributed by atoms with Crippen LogP contribution in [0.2, 0.25) is 10.0 Å². The van der Waals surface area contributed by atoms with E-state index in [1.165, 1.54) is 0 Å². The molecule has 0 unspecified atom stereocenters. The Labute approximate surface area is 183 Å². The SMILES string of the molecule is CCCNC(=O)[C@@H](CC)N(Cc1ccc(Cl)c(Cl)c1)C(=O)Cc1ccccc1C. The van der Waals surface area contributed by atoms with Crippen LogP contribution in [0.15, 0.2) is 42.5 Å². The molecule has 0 saturated carbocycles. The van der Waals surface area contributed by atoms with Gasteiger partial charge >= 0.3 is 0 Å². The molecule has 0 aliphatic heterocycles. The van der Waals surface area contributed by atoms with E-state index in [1.54, 1.807) is 17.0 Å². The van der Waals surface area contributed by atoms with E-state index in [-0.39, 0.29) is 18.2 Å². The standard InChI is InChI=1S/C23H28Cl2N2O2/c1-4-12-26-23(29)21(5-2)27(15-17-10-11-19(24)20(25)13-17)22(28)14-18-9-7-6-8-16(18)3/h6-11,13,21H,4-5,12,14-15H2,1-3H3,(H,26,29)/t21-/m1/s1. The normalized spacial score (nSPS) is 11.8. The number of rotatable bonds is 9. The zero-order valence-electron chi connectivity index (χ0n) is 17.2. The molecule has 156 valence electrons. The first kappa shape index (κ1) is 23.2. The third kappa shape index (κ3) is 6.48. The molecule has 2 amide bonds. The predicted octanol–water partition coefficient (Wildman–Crippen LogP) is 5.18. The van der Waals surface area contributed by atoms with Crippen molar-refractivity contribution < 1.29 is 9.59 Å². The molecule has 29 heavy (non-hydrogen) atoms. The predicted molar refractivity (Wildman–Crippen MR) is 119 cm³/mol. The molecule has 1 atom stereocenters. The van der Waals surface area contributed by atoms with E-state index >= 15 is 0 Å². The van der Waals surface area contributed by atoms with Crippen LogP contribution in [-0.2, 0) is 22.6 Å². The van der Waals surface area contributed by atoms with E-state index in [4.69, 9.17) is 23.2 Å². The average Bonchev–Trinajstić information content (AvgIpc) is 2.70. The fraction of sp³-hybridized carbons (Fsp3) is 0.391. The van der Waals surface area contributed by atoms with Crippen LogP contribution in [0.1, 0.15) is 43.4 Å². The lowest BCUT2D eigenvalue weighted by atomic mass is 10.0. The van der Waals surface area contributed by atoms with Crippen LogP contribution >= 0.6 is 23.2 Å². The first-order chi connectivity index (χ1) is 13.9. The molecule has 0 aliphatic rings. The van der Waals surface area contributed by atoms with Gasteiger partial charge in [0.1, 0.15) is 6.04 Å². The molecule has 2 aromatic carbocycles. The van der Waals surface area contributed by atoms with E-state index in [9.17, 15) is 9.59 Å². The van der Waals surface area contributed by atoms with Gasteiger partial charge in [-0.05, 0) is 48.6 Å². The van der Waals surface area contributed by atoms with Crippen molar-refractivity contribution in [3.05, 3.63) is 69.2 Å². The van der Waals surface area contributed by atoms with Gasteiger partial charge in [0.15, 0.2) is 0 Å². The number of aryl methyl sites for hydroxylation is 1. The van der Waals surface area contributed by atoms with E-state index in [1.807, 2.05) is 51.1 Å². The van der Waals surface area contributed by atoms with Crippen LogP contribution in [0.5, 0.6) is 0 Å². The van der Waals surface area contributed by atoms with Crippen molar-refractivity contribution in [2.45, 2.75) is 52.6 Å². The van der Waals surface area contributed by atoms with Crippen molar-refractivity contribution in [2.75, 3.05) is 6.54 Å². The van der Waals surface area contributed by atoms with Crippen molar-refractivity contribution in [2.24, 2.45) is 0 Å². The van der Waals surface area contributed by atoms with Crippen LogP contribution in [0.3, 0.4) is 0 Å². The highest BCUT2D eigenvalue weighted by Crippen LogP contribution is 2.24. The second kappa shape index (κ2) is 11.2. The Kier molecular flexibility index (Phi) is 8.99. The smallest absolute Gasteiger partial charge is 0.242 e. The maximum absolute atomic E-state index is 13.3. The van der Waals surface area contributed by atoms with Crippen LogP contribution in [0, 0.1) is 6.92 Å². The molecule has 0 spiro atoms. The third-order valence-corrected chi connectivity index (χ3v) is 5.61. The first-order valence-corrected chi connectivity index (χ1v) is 10.7. The highest BCUT2D eigenvalue weighted by Gasteiger charge is 2.28. The van der Waals surface area contributed by atoms with Crippen LogP contribution in [0.25, 0.3) is 0 Å². The number of carbonyl (C=O) groups excluding carboxylic acids is 2. The second-order valence-corrected chi connectivity index (χ2v) is 7.90. The van der Waals surface area contributed by atoms with Crippen LogP contribution in [0.4, 0.5) is 0 Å². The quantitative estimate of drug-likeness (QED) is 0.590. The van der Waals surface area contributed by atoms with Gasteiger partial charge in [-0.3, -0.25) is 9.59 Å².